The van der Waals surface area contributed by atoms with E-state index in [2.05, 4.69) is 4.18 Å². The van der Waals surface area contributed by atoms with Gasteiger partial charge in [-0.15, -0.1) is 0 Å². The fraction of sp³-hybridized carbons (Fsp3) is 0.417. The van der Waals surface area contributed by atoms with E-state index in [1.54, 1.807) is 31.2 Å². The van der Waals surface area contributed by atoms with Gasteiger partial charge in [-0.05, 0) is 17.7 Å². The third kappa shape index (κ3) is 5.37. The van der Waals surface area contributed by atoms with Gasteiger partial charge in [-0.25, -0.2) is 4.18 Å². The monoisotopic (exact) mass is 288 g/mol. The molecule has 1 unspecified atom stereocenters. The molecule has 1 aromatic rings. The number of carbonyl (C=O) groups excluding carboxylic acids is 1. The van der Waals surface area contributed by atoms with Crippen LogP contribution in [0.4, 0.5) is 0 Å². The molecular weight excluding hydrogens is 272 g/mol. The highest BCUT2D eigenvalue weighted by atomic mass is 32.3. The van der Waals surface area contributed by atoms with Gasteiger partial charge in [-0.2, -0.15) is 8.42 Å². The summed E-state index contributed by atoms with van der Waals surface area (Å²) in [5, 5.41) is 0. The second-order valence-electron chi connectivity index (χ2n) is 3.88. The third-order valence-electron chi connectivity index (χ3n) is 2.53. The van der Waals surface area contributed by atoms with Gasteiger partial charge in [0.05, 0.1) is 7.11 Å². The number of rotatable bonds is 7. The average molecular weight is 288 g/mol. The van der Waals surface area contributed by atoms with Gasteiger partial charge in [0.25, 0.3) is 0 Å². The molecule has 6 nitrogen and oxygen atoms in total. The minimum atomic E-state index is -4.62. The lowest BCUT2D eigenvalue weighted by molar-refractivity contribution is -0.120. The lowest BCUT2D eigenvalue weighted by Crippen LogP contribution is -2.14. The minimum absolute atomic E-state index is 0.122. The SMILES string of the molecule is CCC(=O)CC(OS(=O)(=O)O)c1ccc(OC)cc1. The fourth-order valence-corrected chi connectivity index (χ4v) is 2.00. The maximum absolute atomic E-state index is 11.4. The van der Waals surface area contributed by atoms with E-state index in [1.807, 2.05) is 0 Å². The number of ether oxygens (including phenoxy) is 1. The number of hydrogen-bond acceptors (Lipinski definition) is 5. The van der Waals surface area contributed by atoms with Crippen molar-refractivity contribution in [3.63, 3.8) is 0 Å². The van der Waals surface area contributed by atoms with Crippen LogP contribution in [0, 0.1) is 0 Å². The number of ketones is 1. The number of hydrogen-bond donors (Lipinski definition) is 1. The highest BCUT2D eigenvalue weighted by Gasteiger charge is 2.21. The highest BCUT2D eigenvalue weighted by Crippen LogP contribution is 2.25. The topological polar surface area (TPSA) is 89.9 Å². The summed E-state index contributed by atoms with van der Waals surface area (Å²) >= 11 is 0. The normalized spacial score (nSPS) is 13.0. The molecule has 1 N–H and O–H groups in total. The molecular formula is C12H16O6S. The van der Waals surface area contributed by atoms with Crippen molar-refractivity contribution >= 4 is 16.2 Å². The Kier molecular flexibility index (Phi) is 5.46. The van der Waals surface area contributed by atoms with E-state index >= 15 is 0 Å². The van der Waals surface area contributed by atoms with Crippen molar-refractivity contribution in [1.82, 2.24) is 0 Å². The highest BCUT2D eigenvalue weighted by molar-refractivity contribution is 7.80. The van der Waals surface area contributed by atoms with Crippen LogP contribution in [0.2, 0.25) is 0 Å². The molecule has 0 aliphatic heterocycles. The van der Waals surface area contributed by atoms with E-state index in [1.165, 1.54) is 7.11 Å². The van der Waals surface area contributed by atoms with Crippen molar-refractivity contribution in [2.45, 2.75) is 25.9 Å². The van der Waals surface area contributed by atoms with E-state index in [0.717, 1.165) is 0 Å². The lowest BCUT2D eigenvalue weighted by Gasteiger charge is -2.15. The minimum Gasteiger partial charge on any atom is -0.497 e. The smallest absolute Gasteiger partial charge is 0.397 e. The molecule has 1 rings (SSSR count). The second kappa shape index (κ2) is 6.65. The van der Waals surface area contributed by atoms with Gasteiger partial charge < -0.3 is 4.74 Å². The molecule has 0 saturated heterocycles. The summed E-state index contributed by atoms with van der Waals surface area (Å²) in [6.07, 6.45) is -0.891. The van der Waals surface area contributed by atoms with Gasteiger partial charge in [0.2, 0.25) is 0 Å². The van der Waals surface area contributed by atoms with Gasteiger partial charge in [0.15, 0.2) is 0 Å². The van der Waals surface area contributed by atoms with Crippen molar-refractivity contribution in [2.24, 2.45) is 0 Å². The molecule has 7 heteroatoms. The standard InChI is InChI=1S/C12H16O6S/c1-3-10(13)8-12(18-19(14,15)16)9-4-6-11(17-2)7-5-9/h4-7,12H,3,8H2,1-2H3,(H,14,15,16). The van der Waals surface area contributed by atoms with Gasteiger partial charge in [0, 0.05) is 12.8 Å². The Morgan fingerprint density at radius 3 is 2.32 bits per heavy atom. The predicted octanol–water partition coefficient (Wildman–Crippen LogP) is 1.92. The Hall–Kier alpha value is -1.44. The first-order chi connectivity index (χ1) is 8.85. The molecule has 0 spiro atoms. The molecule has 0 aliphatic rings. The summed E-state index contributed by atoms with van der Waals surface area (Å²) in [7, 11) is -3.12. The zero-order valence-electron chi connectivity index (χ0n) is 10.7. The Morgan fingerprint density at radius 1 is 1.32 bits per heavy atom. The Morgan fingerprint density at radius 2 is 1.89 bits per heavy atom. The first kappa shape index (κ1) is 15.6. The van der Waals surface area contributed by atoms with Gasteiger partial charge in [-0.1, -0.05) is 19.1 Å². The van der Waals surface area contributed by atoms with E-state index in [9.17, 15) is 13.2 Å². The van der Waals surface area contributed by atoms with E-state index < -0.39 is 16.5 Å². The quantitative estimate of drug-likeness (QED) is 0.771. The number of Topliss-reactive ketones (excluding diaryl/α,β-unsaturated/α-hetero) is 1. The van der Waals surface area contributed by atoms with Crippen molar-refractivity contribution in [3.05, 3.63) is 29.8 Å². The maximum atomic E-state index is 11.4. The molecule has 1 atom stereocenters. The number of methoxy groups -OCH3 is 1. The molecule has 0 aromatic heterocycles. The van der Waals surface area contributed by atoms with Gasteiger partial charge >= 0.3 is 10.4 Å². The van der Waals surface area contributed by atoms with Crippen LogP contribution in [0.1, 0.15) is 31.4 Å². The Bertz CT molecular complexity index is 520. The third-order valence-corrected chi connectivity index (χ3v) is 3.01. The molecule has 0 radical (unpaired) electrons. The lowest BCUT2D eigenvalue weighted by atomic mass is 10.0. The van der Waals surface area contributed by atoms with Crippen molar-refractivity contribution in [3.8, 4) is 5.75 Å². The van der Waals surface area contributed by atoms with Crippen LogP contribution in [0.15, 0.2) is 24.3 Å². The van der Waals surface area contributed by atoms with E-state index in [0.29, 0.717) is 11.3 Å². The van der Waals surface area contributed by atoms with Gasteiger partial charge in [0.1, 0.15) is 17.6 Å². The van der Waals surface area contributed by atoms with E-state index in [4.69, 9.17) is 9.29 Å². The largest absolute Gasteiger partial charge is 0.497 e. The first-order valence-electron chi connectivity index (χ1n) is 5.67. The van der Waals surface area contributed by atoms with Crippen LogP contribution in [0.5, 0.6) is 5.75 Å². The Labute approximate surface area is 112 Å². The first-order valence-corrected chi connectivity index (χ1v) is 7.03. The van der Waals surface area contributed by atoms with Crippen LogP contribution in [-0.2, 0) is 19.4 Å². The van der Waals surface area contributed by atoms with Crippen molar-refractivity contribution in [1.29, 1.82) is 0 Å². The summed E-state index contributed by atoms with van der Waals surface area (Å²) in [5.41, 5.74) is 0.472. The predicted molar refractivity (Wildman–Crippen MR) is 68.3 cm³/mol. The van der Waals surface area contributed by atoms with Crippen LogP contribution in [0.3, 0.4) is 0 Å². The zero-order valence-corrected chi connectivity index (χ0v) is 11.5. The fourth-order valence-electron chi connectivity index (χ4n) is 1.52. The molecule has 0 amide bonds. The van der Waals surface area contributed by atoms with Crippen LogP contribution >= 0.6 is 0 Å². The van der Waals surface area contributed by atoms with Crippen molar-refractivity contribution in [2.75, 3.05) is 7.11 Å². The number of benzene rings is 1. The van der Waals surface area contributed by atoms with Crippen molar-refractivity contribution < 1.29 is 26.7 Å². The summed E-state index contributed by atoms with van der Waals surface area (Å²) in [4.78, 5) is 11.4. The summed E-state index contributed by atoms with van der Waals surface area (Å²) in [5.74, 6) is 0.431. The maximum Gasteiger partial charge on any atom is 0.397 e. The van der Waals surface area contributed by atoms with Crippen LogP contribution in [0.25, 0.3) is 0 Å². The summed E-state index contributed by atoms with van der Waals surface area (Å²) in [6.45, 7) is 1.67. The second-order valence-corrected chi connectivity index (χ2v) is 4.93. The molecule has 106 valence electrons. The Balaban J connectivity index is 2.96. The zero-order chi connectivity index (χ0) is 14.5. The van der Waals surface area contributed by atoms with E-state index in [-0.39, 0.29) is 18.6 Å². The molecule has 0 saturated carbocycles. The van der Waals surface area contributed by atoms with Crippen LogP contribution in [-0.4, -0.2) is 25.9 Å². The molecule has 1 aromatic carbocycles. The molecule has 0 aliphatic carbocycles. The van der Waals surface area contributed by atoms with Gasteiger partial charge in [-0.3, -0.25) is 9.35 Å². The average Bonchev–Trinajstić information content (AvgIpc) is 2.36. The van der Waals surface area contributed by atoms with Crippen LogP contribution < -0.4 is 4.74 Å². The molecule has 19 heavy (non-hydrogen) atoms. The molecule has 0 heterocycles. The molecule has 0 fully saturated rings. The summed E-state index contributed by atoms with van der Waals surface area (Å²) in [6, 6.07) is 6.40. The molecule has 0 bridgehead atoms. The number of carbonyl (C=O) groups is 1. The summed E-state index contributed by atoms with van der Waals surface area (Å²) < 4.78 is 39.9.